The summed E-state index contributed by atoms with van der Waals surface area (Å²) in [6.45, 7) is 2.04. The molecule has 15 heavy (non-hydrogen) atoms. The standard InChI is InChI=1S/C12H14BrNO/c1-9-3-4-12(15-2)11(5-9)6-10(7-13)8-14/h3-5,10H,6-7H2,1-2H3. The van der Waals surface area contributed by atoms with Crippen molar-refractivity contribution >= 4 is 15.9 Å². The first-order valence-corrected chi connectivity index (χ1v) is 5.92. The van der Waals surface area contributed by atoms with Crippen molar-refractivity contribution in [2.75, 3.05) is 12.4 Å². The number of nitriles is 1. The quantitative estimate of drug-likeness (QED) is 0.786. The minimum absolute atomic E-state index is 0.000648. The topological polar surface area (TPSA) is 33.0 Å². The monoisotopic (exact) mass is 267 g/mol. The molecule has 1 aromatic rings. The van der Waals surface area contributed by atoms with E-state index in [1.807, 2.05) is 19.1 Å². The van der Waals surface area contributed by atoms with Gasteiger partial charge in [-0.3, -0.25) is 0 Å². The highest BCUT2D eigenvalue weighted by Crippen LogP contribution is 2.23. The first kappa shape index (κ1) is 12.1. The van der Waals surface area contributed by atoms with Gasteiger partial charge in [0.1, 0.15) is 5.75 Å². The summed E-state index contributed by atoms with van der Waals surface area (Å²) in [4.78, 5) is 0. The van der Waals surface area contributed by atoms with Crippen LogP contribution in [0.15, 0.2) is 18.2 Å². The Labute approximate surface area is 99.0 Å². The molecule has 1 aromatic carbocycles. The van der Waals surface area contributed by atoms with Crippen LogP contribution in [0.2, 0.25) is 0 Å². The normalized spacial score (nSPS) is 11.9. The van der Waals surface area contributed by atoms with E-state index in [1.165, 1.54) is 5.56 Å². The lowest BCUT2D eigenvalue weighted by atomic mass is 10.00. The summed E-state index contributed by atoms with van der Waals surface area (Å²) in [5, 5.41) is 9.59. The van der Waals surface area contributed by atoms with Crippen molar-refractivity contribution < 1.29 is 4.74 Å². The molecule has 0 amide bonds. The van der Waals surface area contributed by atoms with Gasteiger partial charge in [0.25, 0.3) is 0 Å². The summed E-state index contributed by atoms with van der Waals surface area (Å²) in [6.07, 6.45) is 0.729. The van der Waals surface area contributed by atoms with Gasteiger partial charge in [0.2, 0.25) is 0 Å². The third-order valence-corrected chi connectivity index (χ3v) is 3.05. The van der Waals surface area contributed by atoms with Crippen LogP contribution in [0, 0.1) is 24.2 Å². The zero-order valence-corrected chi connectivity index (χ0v) is 10.5. The van der Waals surface area contributed by atoms with Crippen LogP contribution in [0.5, 0.6) is 5.75 Å². The molecule has 0 saturated heterocycles. The summed E-state index contributed by atoms with van der Waals surface area (Å²) < 4.78 is 5.27. The average molecular weight is 268 g/mol. The molecule has 0 N–H and O–H groups in total. The lowest BCUT2D eigenvalue weighted by molar-refractivity contribution is 0.408. The number of rotatable bonds is 4. The van der Waals surface area contributed by atoms with E-state index in [4.69, 9.17) is 10.00 Å². The van der Waals surface area contributed by atoms with Crippen molar-refractivity contribution in [3.8, 4) is 11.8 Å². The third-order valence-electron chi connectivity index (χ3n) is 2.27. The van der Waals surface area contributed by atoms with Crippen molar-refractivity contribution in [1.29, 1.82) is 5.26 Å². The predicted octanol–water partition coefficient (Wildman–Crippen LogP) is 3.08. The van der Waals surface area contributed by atoms with Gasteiger partial charge in [-0.25, -0.2) is 0 Å². The summed E-state index contributed by atoms with van der Waals surface area (Å²) in [7, 11) is 1.66. The predicted molar refractivity (Wildman–Crippen MR) is 64.3 cm³/mol. The Bertz CT molecular complexity index is 370. The largest absolute Gasteiger partial charge is 0.496 e. The Morgan fingerprint density at radius 2 is 2.27 bits per heavy atom. The number of halogens is 1. The Kier molecular flexibility index (Phi) is 4.64. The highest BCUT2D eigenvalue weighted by Gasteiger charge is 2.10. The van der Waals surface area contributed by atoms with Gasteiger partial charge >= 0.3 is 0 Å². The number of nitrogens with zero attached hydrogens (tertiary/aromatic N) is 1. The summed E-state index contributed by atoms with van der Waals surface area (Å²) in [6, 6.07) is 8.31. The second-order valence-electron chi connectivity index (χ2n) is 3.50. The van der Waals surface area contributed by atoms with Gasteiger partial charge in [0.05, 0.1) is 19.1 Å². The maximum Gasteiger partial charge on any atom is 0.122 e. The van der Waals surface area contributed by atoms with Gasteiger partial charge in [0, 0.05) is 5.33 Å². The molecule has 0 spiro atoms. The lowest BCUT2D eigenvalue weighted by Crippen LogP contribution is -2.04. The maximum absolute atomic E-state index is 8.90. The van der Waals surface area contributed by atoms with Gasteiger partial charge in [-0.15, -0.1) is 0 Å². The van der Waals surface area contributed by atoms with Crippen LogP contribution in [0.3, 0.4) is 0 Å². The number of hydrogen-bond donors (Lipinski definition) is 0. The summed E-state index contributed by atoms with van der Waals surface area (Å²) >= 11 is 3.34. The van der Waals surface area contributed by atoms with Gasteiger partial charge in [-0.1, -0.05) is 33.6 Å². The fourth-order valence-electron chi connectivity index (χ4n) is 1.47. The Hall–Kier alpha value is -1.01. The van der Waals surface area contributed by atoms with E-state index in [-0.39, 0.29) is 5.92 Å². The molecule has 0 saturated carbocycles. The highest BCUT2D eigenvalue weighted by atomic mass is 79.9. The molecule has 80 valence electrons. The highest BCUT2D eigenvalue weighted by molar-refractivity contribution is 9.09. The van der Waals surface area contributed by atoms with Crippen molar-refractivity contribution in [1.82, 2.24) is 0 Å². The molecule has 0 heterocycles. The van der Waals surface area contributed by atoms with E-state index in [0.717, 1.165) is 17.7 Å². The molecular weight excluding hydrogens is 254 g/mol. The summed E-state index contributed by atoms with van der Waals surface area (Å²) in [5.41, 5.74) is 2.29. The first-order chi connectivity index (χ1) is 7.21. The number of ether oxygens (including phenoxy) is 1. The van der Waals surface area contributed by atoms with Crippen molar-refractivity contribution in [2.45, 2.75) is 13.3 Å². The molecule has 0 fully saturated rings. The van der Waals surface area contributed by atoms with E-state index in [1.54, 1.807) is 7.11 Å². The van der Waals surface area contributed by atoms with Crippen LogP contribution >= 0.6 is 15.9 Å². The van der Waals surface area contributed by atoms with E-state index >= 15 is 0 Å². The molecule has 0 aliphatic rings. The van der Waals surface area contributed by atoms with E-state index in [0.29, 0.717) is 5.33 Å². The van der Waals surface area contributed by atoms with E-state index < -0.39 is 0 Å². The number of hydrogen-bond acceptors (Lipinski definition) is 2. The van der Waals surface area contributed by atoms with Crippen LogP contribution in [0.25, 0.3) is 0 Å². The van der Waals surface area contributed by atoms with Gasteiger partial charge in [0.15, 0.2) is 0 Å². The first-order valence-electron chi connectivity index (χ1n) is 4.80. The van der Waals surface area contributed by atoms with Gasteiger partial charge in [-0.2, -0.15) is 5.26 Å². The molecule has 0 radical (unpaired) electrons. The fraction of sp³-hybridized carbons (Fsp3) is 0.417. The molecule has 2 nitrogen and oxygen atoms in total. The number of aryl methyl sites for hydroxylation is 1. The molecule has 0 bridgehead atoms. The molecular formula is C12H14BrNO. The van der Waals surface area contributed by atoms with Crippen LogP contribution in [-0.4, -0.2) is 12.4 Å². The molecule has 1 unspecified atom stereocenters. The van der Waals surface area contributed by atoms with Gasteiger partial charge < -0.3 is 4.74 Å². The SMILES string of the molecule is COc1ccc(C)cc1CC(C#N)CBr. The molecule has 3 heteroatoms. The summed E-state index contributed by atoms with van der Waals surface area (Å²) in [5.74, 6) is 0.863. The Morgan fingerprint density at radius 3 is 2.80 bits per heavy atom. The zero-order chi connectivity index (χ0) is 11.3. The fourth-order valence-corrected chi connectivity index (χ4v) is 1.84. The molecule has 1 rings (SSSR count). The average Bonchev–Trinajstić information content (AvgIpc) is 2.26. The van der Waals surface area contributed by atoms with Gasteiger partial charge in [-0.05, 0) is 25.0 Å². The van der Waals surface area contributed by atoms with Crippen LogP contribution in [-0.2, 0) is 6.42 Å². The van der Waals surface area contributed by atoms with Crippen molar-refractivity contribution in [2.24, 2.45) is 5.92 Å². The Morgan fingerprint density at radius 1 is 1.53 bits per heavy atom. The van der Waals surface area contributed by atoms with Crippen LogP contribution < -0.4 is 4.74 Å². The second kappa shape index (κ2) is 5.77. The number of benzene rings is 1. The minimum Gasteiger partial charge on any atom is -0.496 e. The number of alkyl halides is 1. The second-order valence-corrected chi connectivity index (χ2v) is 4.15. The molecule has 1 atom stereocenters. The Balaban J connectivity index is 2.92. The maximum atomic E-state index is 8.90. The van der Waals surface area contributed by atoms with E-state index in [9.17, 15) is 0 Å². The minimum atomic E-state index is 0.000648. The zero-order valence-electron chi connectivity index (χ0n) is 8.96. The number of methoxy groups -OCH3 is 1. The van der Waals surface area contributed by atoms with E-state index in [2.05, 4.69) is 28.1 Å². The molecule has 0 aromatic heterocycles. The third kappa shape index (κ3) is 3.24. The van der Waals surface area contributed by atoms with Crippen molar-refractivity contribution in [3.63, 3.8) is 0 Å². The van der Waals surface area contributed by atoms with Crippen LogP contribution in [0.4, 0.5) is 0 Å². The molecule has 0 aliphatic heterocycles. The van der Waals surface area contributed by atoms with Crippen molar-refractivity contribution in [3.05, 3.63) is 29.3 Å². The van der Waals surface area contributed by atoms with Crippen LogP contribution in [0.1, 0.15) is 11.1 Å². The smallest absolute Gasteiger partial charge is 0.122 e. The lowest BCUT2D eigenvalue weighted by Gasteiger charge is -2.11. The molecule has 0 aliphatic carbocycles.